The number of aromatic nitrogens is 2. The van der Waals surface area contributed by atoms with Crippen LogP contribution in [0.25, 0.3) is 0 Å². The van der Waals surface area contributed by atoms with Crippen LogP contribution >= 0.6 is 0 Å². The zero-order chi connectivity index (χ0) is 19.5. The summed E-state index contributed by atoms with van der Waals surface area (Å²) in [7, 11) is 0. The molecule has 6 nitrogen and oxygen atoms in total. The number of nitrogens with one attached hydrogen (secondary N) is 1. The zero-order valence-corrected chi connectivity index (χ0v) is 17.5. The quantitative estimate of drug-likeness (QED) is 0.863. The van der Waals surface area contributed by atoms with Crippen molar-refractivity contribution in [1.29, 1.82) is 0 Å². The van der Waals surface area contributed by atoms with E-state index in [1.54, 1.807) is 0 Å². The van der Waals surface area contributed by atoms with Gasteiger partial charge >= 0.3 is 0 Å². The van der Waals surface area contributed by atoms with Gasteiger partial charge in [0, 0.05) is 43.0 Å². The lowest BCUT2D eigenvalue weighted by Crippen LogP contribution is -2.51. The fourth-order valence-electron chi connectivity index (χ4n) is 5.38. The molecule has 28 heavy (non-hydrogen) atoms. The van der Waals surface area contributed by atoms with Gasteiger partial charge in [0.25, 0.3) is 0 Å². The number of aryl methyl sites for hydroxylation is 2. The van der Waals surface area contributed by atoms with Crippen LogP contribution in [0, 0.1) is 25.7 Å². The number of carbonyl (C=O) groups excluding carboxylic acids is 1. The molecule has 3 fully saturated rings. The van der Waals surface area contributed by atoms with Gasteiger partial charge in [-0.1, -0.05) is 6.42 Å². The van der Waals surface area contributed by atoms with Gasteiger partial charge in [-0.3, -0.25) is 4.79 Å². The maximum absolute atomic E-state index is 12.8. The number of piperidine rings is 3. The van der Waals surface area contributed by atoms with Crippen LogP contribution in [0.2, 0.25) is 0 Å². The molecule has 3 aliphatic rings. The molecule has 0 aromatic carbocycles. The lowest BCUT2D eigenvalue weighted by Gasteiger charge is -2.44. The Bertz CT molecular complexity index is 663. The van der Waals surface area contributed by atoms with Gasteiger partial charge < -0.3 is 15.1 Å². The van der Waals surface area contributed by atoms with E-state index in [0.717, 1.165) is 49.8 Å². The van der Waals surface area contributed by atoms with Gasteiger partial charge in [0.05, 0.1) is 0 Å². The van der Waals surface area contributed by atoms with Crippen molar-refractivity contribution in [1.82, 2.24) is 20.2 Å². The number of nitrogens with zero attached hydrogens (tertiary/aromatic N) is 4. The third-order valence-electron chi connectivity index (χ3n) is 6.89. The molecular formula is C22H35N5O. The van der Waals surface area contributed by atoms with E-state index in [4.69, 9.17) is 0 Å². The molecule has 0 aliphatic carbocycles. The summed E-state index contributed by atoms with van der Waals surface area (Å²) in [6.07, 6.45) is 8.35. The number of carbonyl (C=O) groups is 1. The predicted molar refractivity (Wildman–Crippen MR) is 111 cm³/mol. The molecule has 0 saturated carbocycles. The van der Waals surface area contributed by atoms with Crippen molar-refractivity contribution in [3.8, 4) is 0 Å². The Morgan fingerprint density at radius 3 is 2.46 bits per heavy atom. The van der Waals surface area contributed by atoms with Gasteiger partial charge in [0.1, 0.15) is 0 Å². The van der Waals surface area contributed by atoms with Crippen LogP contribution in [0.4, 0.5) is 5.95 Å². The smallest absolute Gasteiger partial charge is 0.225 e. The first kappa shape index (κ1) is 19.6. The summed E-state index contributed by atoms with van der Waals surface area (Å²) in [5, 5.41) is 3.31. The highest BCUT2D eigenvalue weighted by Gasteiger charge is 2.34. The lowest BCUT2D eigenvalue weighted by atomic mass is 9.83. The van der Waals surface area contributed by atoms with Gasteiger partial charge in [-0.05, 0) is 77.4 Å². The molecule has 1 amide bonds. The van der Waals surface area contributed by atoms with Crippen LogP contribution in [0.15, 0.2) is 6.07 Å². The Morgan fingerprint density at radius 2 is 1.71 bits per heavy atom. The maximum atomic E-state index is 12.8. The molecular weight excluding hydrogens is 350 g/mol. The van der Waals surface area contributed by atoms with Crippen molar-refractivity contribution in [3.63, 3.8) is 0 Å². The summed E-state index contributed by atoms with van der Waals surface area (Å²) >= 11 is 0. The second-order valence-corrected chi connectivity index (χ2v) is 8.96. The highest BCUT2D eigenvalue weighted by molar-refractivity contribution is 5.78. The van der Waals surface area contributed by atoms with Crippen molar-refractivity contribution in [2.75, 3.05) is 37.6 Å². The van der Waals surface area contributed by atoms with Crippen LogP contribution < -0.4 is 10.2 Å². The number of amides is 1. The second kappa shape index (κ2) is 8.76. The standard InChI is InChI=1S/C22H35N5O/c1-16-14-17(2)25-22(24-16)27-12-8-18(9-13-27)21(28)23-15-19-6-5-11-26-10-4-3-7-20(19)26/h14,18-20H,3-13,15H2,1-2H3,(H,23,28)/t19-,20-/m1/s1. The van der Waals surface area contributed by atoms with E-state index in [9.17, 15) is 4.79 Å². The third-order valence-corrected chi connectivity index (χ3v) is 6.89. The SMILES string of the molecule is Cc1cc(C)nc(N2CCC(C(=O)NC[C@H]3CCCN4CCCC[C@H]34)CC2)n1. The van der Waals surface area contributed by atoms with Gasteiger partial charge in [-0.15, -0.1) is 0 Å². The first-order chi connectivity index (χ1) is 13.6. The summed E-state index contributed by atoms with van der Waals surface area (Å²) in [5.41, 5.74) is 2.01. The van der Waals surface area contributed by atoms with Crippen LogP contribution in [0.5, 0.6) is 0 Å². The molecule has 1 aromatic heterocycles. The second-order valence-electron chi connectivity index (χ2n) is 8.96. The average molecular weight is 386 g/mol. The van der Waals surface area contributed by atoms with E-state index < -0.39 is 0 Å². The number of hydrogen-bond donors (Lipinski definition) is 1. The Morgan fingerprint density at radius 1 is 1.00 bits per heavy atom. The molecule has 0 radical (unpaired) electrons. The topological polar surface area (TPSA) is 61.4 Å². The molecule has 1 N–H and O–H groups in total. The van der Waals surface area contributed by atoms with Gasteiger partial charge in [-0.2, -0.15) is 0 Å². The molecule has 0 bridgehead atoms. The summed E-state index contributed by atoms with van der Waals surface area (Å²) in [4.78, 5) is 26.8. The van der Waals surface area contributed by atoms with E-state index in [2.05, 4.69) is 25.1 Å². The fourth-order valence-corrected chi connectivity index (χ4v) is 5.38. The van der Waals surface area contributed by atoms with Gasteiger partial charge in [0.2, 0.25) is 11.9 Å². The summed E-state index contributed by atoms with van der Waals surface area (Å²) in [6, 6.07) is 2.70. The summed E-state index contributed by atoms with van der Waals surface area (Å²) in [5.74, 6) is 1.85. The van der Waals surface area contributed by atoms with E-state index in [0.29, 0.717) is 12.0 Å². The molecule has 1 aromatic rings. The van der Waals surface area contributed by atoms with Gasteiger partial charge in [-0.25, -0.2) is 9.97 Å². The minimum absolute atomic E-state index is 0.133. The van der Waals surface area contributed by atoms with E-state index >= 15 is 0 Å². The Kier molecular flexibility index (Phi) is 6.14. The average Bonchev–Trinajstić information content (AvgIpc) is 2.71. The summed E-state index contributed by atoms with van der Waals surface area (Å²) in [6.45, 7) is 9.12. The van der Waals surface area contributed by atoms with Gasteiger partial charge in [0.15, 0.2) is 0 Å². The molecule has 0 spiro atoms. The zero-order valence-electron chi connectivity index (χ0n) is 17.5. The normalized spacial score (nSPS) is 26.7. The van der Waals surface area contributed by atoms with Crippen LogP contribution in [-0.2, 0) is 4.79 Å². The summed E-state index contributed by atoms with van der Waals surface area (Å²) < 4.78 is 0. The third kappa shape index (κ3) is 4.48. The minimum Gasteiger partial charge on any atom is -0.356 e. The number of anilines is 1. The van der Waals surface area contributed by atoms with E-state index in [1.807, 2.05) is 19.9 Å². The first-order valence-electron chi connectivity index (χ1n) is 11.2. The molecule has 0 unspecified atom stereocenters. The van der Waals surface area contributed by atoms with E-state index in [1.165, 1.54) is 45.2 Å². The van der Waals surface area contributed by atoms with Crippen LogP contribution in [0.3, 0.4) is 0 Å². The Balaban J connectivity index is 1.26. The molecule has 3 saturated heterocycles. The molecule has 3 aliphatic heterocycles. The Labute approximate surface area is 169 Å². The number of hydrogen-bond acceptors (Lipinski definition) is 5. The first-order valence-corrected chi connectivity index (χ1v) is 11.2. The molecule has 154 valence electrons. The molecule has 2 atom stereocenters. The lowest BCUT2D eigenvalue weighted by molar-refractivity contribution is -0.126. The molecule has 4 rings (SSSR count). The fraction of sp³-hybridized carbons (Fsp3) is 0.773. The van der Waals surface area contributed by atoms with Crippen LogP contribution in [-0.4, -0.2) is 59.5 Å². The predicted octanol–water partition coefficient (Wildman–Crippen LogP) is 2.69. The molecule has 6 heteroatoms. The maximum Gasteiger partial charge on any atom is 0.225 e. The van der Waals surface area contributed by atoms with Crippen molar-refractivity contribution in [3.05, 3.63) is 17.5 Å². The van der Waals surface area contributed by atoms with Crippen molar-refractivity contribution in [2.45, 2.75) is 64.8 Å². The van der Waals surface area contributed by atoms with E-state index in [-0.39, 0.29) is 11.8 Å². The minimum atomic E-state index is 0.133. The monoisotopic (exact) mass is 385 g/mol. The van der Waals surface area contributed by atoms with Crippen molar-refractivity contribution in [2.24, 2.45) is 11.8 Å². The highest BCUT2D eigenvalue weighted by atomic mass is 16.1. The molecule has 4 heterocycles. The van der Waals surface area contributed by atoms with Crippen molar-refractivity contribution >= 4 is 11.9 Å². The number of fused-ring (bicyclic) bond motifs is 1. The number of rotatable bonds is 4. The Hall–Kier alpha value is -1.69. The van der Waals surface area contributed by atoms with Crippen molar-refractivity contribution < 1.29 is 4.79 Å². The van der Waals surface area contributed by atoms with Crippen LogP contribution in [0.1, 0.15) is 56.3 Å². The largest absolute Gasteiger partial charge is 0.356 e. The highest BCUT2D eigenvalue weighted by Crippen LogP contribution is 2.30.